The summed E-state index contributed by atoms with van der Waals surface area (Å²) in [5.41, 5.74) is 2.21. The minimum Gasteiger partial charge on any atom is -0.459 e. The zero-order chi connectivity index (χ0) is 18.8. The van der Waals surface area contributed by atoms with Crippen LogP contribution in [-0.2, 0) is 6.54 Å². The molecular formula is C18H29IN6O2. The lowest BCUT2D eigenvalue weighted by Gasteiger charge is -2.11. The highest BCUT2D eigenvalue weighted by molar-refractivity contribution is 14.0. The van der Waals surface area contributed by atoms with E-state index in [9.17, 15) is 4.79 Å². The van der Waals surface area contributed by atoms with Gasteiger partial charge in [-0.05, 0) is 45.4 Å². The first kappa shape index (κ1) is 23.0. The Bertz CT molecular complexity index is 712. The van der Waals surface area contributed by atoms with E-state index in [1.165, 1.54) is 12.0 Å². The molecule has 0 saturated heterocycles. The van der Waals surface area contributed by atoms with Crippen LogP contribution in [0.2, 0.25) is 0 Å². The lowest BCUT2D eigenvalue weighted by Crippen LogP contribution is -2.41. The summed E-state index contributed by atoms with van der Waals surface area (Å²) in [6, 6.07) is 5.40. The van der Waals surface area contributed by atoms with Crippen molar-refractivity contribution in [2.75, 3.05) is 26.2 Å². The van der Waals surface area contributed by atoms with E-state index in [1.807, 2.05) is 18.5 Å². The highest BCUT2D eigenvalue weighted by Crippen LogP contribution is 2.02. The van der Waals surface area contributed by atoms with Crippen LogP contribution in [0.25, 0.3) is 0 Å². The van der Waals surface area contributed by atoms with Crippen LogP contribution in [0.15, 0.2) is 33.9 Å². The number of carbonyl (C=O) groups excluding carboxylic acids is 1. The van der Waals surface area contributed by atoms with Crippen LogP contribution >= 0.6 is 24.0 Å². The van der Waals surface area contributed by atoms with E-state index >= 15 is 0 Å². The maximum absolute atomic E-state index is 11.8. The number of aryl methyl sites for hydroxylation is 3. The Morgan fingerprint density at radius 3 is 2.67 bits per heavy atom. The molecule has 2 aromatic rings. The van der Waals surface area contributed by atoms with Gasteiger partial charge >= 0.3 is 0 Å². The predicted octanol–water partition coefficient (Wildman–Crippen LogP) is 2.09. The summed E-state index contributed by atoms with van der Waals surface area (Å²) in [5.74, 6) is 0.839. The fraction of sp³-hybridized carbons (Fsp3) is 0.500. The number of furan rings is 1. The fourth-order valence-electron chi connectivity index (χ4n) is 2.51. The minimum absolute atomic E-state index is 0. The third-order valence-electron chi connectivity index (χ3n) is 3.69. The molecule has 0 unspecified atom stereocenters. The summed E-state index contributed by atoms with van der Waals surface area (Å²) < 4.78 is 7.06. The number of amides is 1. The van der Waals surface area contributed by atoms with Crippen molar-refractivity contribution < 1.29 is 9.21 Å². The van der Waals surface area contributed by atoms with E-state index in [2.05, 4.69) is 39.0 Å². The molecule has 2 heterocycles. The molecular weight excluding hydrogens is 459 g/mol. The number of aromatic nitrogens is 2. The highest BCUT2D eigenvalue weighted by Gasteiger charge is 2.07. The molecule has 0 aliphatic heterocycles. The molecule has 1 amide bonds. The van der Waals surface area contributed by atoms with Crippen LogP contribution in [0, 0.1) is 13.8 Å². The molecule has 0 aromatic carbocycles. The highest BCUT2D eigenvalue weighted by atomic mass is 127. The predicted molar refractivity (Wildman–Crippen MR) is 117 cm³/mol. The second-order valence-electron chi connectivity index (χ2n) is 5.92. The van der Waals surface area contributed by atoms with Gasteiger partial charge in [0.2, 0.25) is 0 Å². The van der Waals surface area contributed by atoms with Crippen molar-refractivity contribution in [1.82, 2.24) is 25.7 Å². The second-order valence-corrected chi connectivity index (χ2v) is 5.92. The Balaban J connectivity index is 0.00000364. The molecule has 0 bridgehead atoms. The zero-order valence-corrected chi connectivity index (χ0v) is 18.4. The van der Waals surface area contributed by atoms with E-state index < -0.39 is 0 Å². The van der Waals surface area contributed by atoms with Gasteiger partial charge in [0.05, 0.1) is 12.0 Å². The Kier molecular flexibility index (Phi) is 10.5. The summed E-state index contributed by atoms with van der Waals surface area (Å²) in [5, 5.41) is 13.6. The number of nitrogens with one attached hydrogen (secondary N) is 3. The number of halogens is 1. The number of hydrogen-bond donors (Lipinski definition) is 3. The zero-order valence-electron chi connectivity index (χ0n) is 16.1. The number of nitrogens with zero attached hydrogens (tertiary/aromatic N) is 3. The SMILES string of the molecule is CCNC(=NCCCn1nc(C)cc1C)NCCNC(=O)c1ccco1.I. The van der Waals surface area contributed by atoms with Crippen LogP contribution in [-0.4, -0.2) is 47.8 Å². The van der Waals surface area contributed by atoms with Gasteiger partial charge in [-0.25, -0.2) is 0 Å². The molecule has 0 aliphatic carbocycles. The van der Waals surface area contributed by atoms with Gasteiger partial charge in [-0.15, -0.1) is 24.0 Å². The van der Waals surface area contributed by atoms with E-state index in [0.717, 1.165) is 31.2 Å². The first-order chi connectivity index (χ1) is 12.6. The van der Waals surface area contributed by atoms with E-state index in [-0.39, 0.29) is 29.9 Å². The Hall–Kier alpha value is -2.04. The maximum Gasteiger partial charge on any atom is 0.287 e. The molecule has 2 aromatic heterocycles. The molecule has 3 N–H and O–H groups in total. The van der Waals surface area contributed by atoms with Crippen LogP contribution in [0.4, 0.5) is 0 Å². The van der Waals surface area contributed by atoms with Crippen LogP contribution in [0.1, 0.15) is 35.3 Å². The van der Waals surface area contributed by atoms with Gasteiger partial charge in [0.15, 0.2) is 11.7 Å². The lowest BCUT2D eigenvalue weighted by molar-refractivity contribution is 0.0926. The van der Waals surface area contributed by atoms with Crippen molar-refractivity contribution >= 4 is 35.8 Å². The number of carbonyl (C=O) groups is 1. The topological polar surface area (TPSA) is 96.5 Å². The third-order valence-corrected chi connectivity index (χ3v) is 3.69. The van der Waals surface area contributed by atoms with E-state index in [1.54, 1.807) is 12.1 Å². The van der Waals surface area contributed by atoms with Crippen molar-refractivity contribution in [1.29, 1.82) is 0 Å². The molecule has 0 saturated carbocycles. The van der Waals surface area contributed by atoms with Crippen molar-refractivity contribution in [3.63, 3.8) is 0 Å². The number of guanidine groups is 1. The smallest absolute Gasteiger partial charge is 0.287 e. The summed E-state index contributed by atoms with van der Waals surface area (Å²) in [6.07, 6.45) is 2.39. The minimum atomic E-state index is -0.219. The van der Waals surface area contributed by atoms with Gasteiger partial charge in [-0.3, -0.25) is 14.5 Å². The molecule has 0 atom stereocenters. The summed E-state index contributed by atoms with van der Waals surface area (Å²) in [7, 11) is 0. The average molecular weight is 488 g/mol. The molecule has 9 heteroatoms. The number of hydrogen-bond acceptors (Lipinski definition) is 4. The largest absolute Gasteiger partial charge is 0.459 e. The molecule has 0 radical (unpaired) electrons. The quantitative estimate of drug-likeness (QED) is 0.218. The average Bonchev–Trinajstić information content (AvgIpc) is 3.25. The number of rotatable bonds is 9. The van der Waals surface area contributed by atoms with Crippen molar-refractivity contribution in [2.24, 2.45) is 4.99 Å². The Labute approximate surface area is 177 Å². The summed E-state index contributed by atoms with van der Waals surface area (Å²) in [6.45, 7) is 9.47. The standard InChI is InChI=1S/C18H28N6O2.HI/c1-4-19-18(21-8-6-11-24-15(3)13-14(2)23-24)22-10-9-20-17(25)16-7-5-12-26-16;/h5,7,12-13H,4,6,8-11H2,1-3H3,(H,20,25)(H2,19,21,22);1H. The van der Waals surface area contributed by atoms with E-state index in [0.29, 0.717) is 25.4 Å². The molecule has 27 heavy (non-hydrogen) atoms. The molecule has 2 rings (SSSR count). The monoisotopic (exact) mass is 488 g/mol. The molecule has 0 fully saturated rings. The third kappa shape index (κ3) is 8.02. The van der Waals surface area contributed by atoms with Gasteiger partial charge < -0.3 is 20.4 Å². The van der Waals surface area contributed by atoms with Gasteiger partial charge in [-0.2, -0.15) is 5.10 Å². The number of aliphatic imine (C=N–C) groups is 1. The van der Waals surface area contributed by atoms with Crippen molar-refractivity contribution in [3.05, 3.63) is 41.6 Å². The van der Waals surface area contributed by atoms with Gasteiger partial charge in [0, 0.05) is 38.4 Å². The Morgan fingerprint density at radius 2 is 2.04 bits per heavy atom. The summed E-state index contributed by atoms with van der Waals surface area (Å²) in [4.78, 5) is 16.3. The molecule has 0 spiro atoms. The van der Waals surface area contributed by atoms with Gasteiger partial charge in [0.1, 0.15) is 0 Å². The summed E-state index contributed by atoms with van der Waals surface area (Å²) >= 11 is 0. The Morgan fingerprint density at radius 1 is 1.26 bits per heavy atom. The van der Waals surface area contributed by atoms with Crippen molar-refractivity contribution in [2.45, 2.75) is 33.7 Å². The fourth-order valence-corrected chi connectivity index (χ4v) is 2.51. The van der Waals surface area contributed by atoms with Crippen molar-refractivity contribution in [3.8, 4) is 0 Å². The van der Waals surface area contributed by atoms with E-state index in [4.69, 9.17) is 4.42 Å². The first-order valence-electron chi connectivity index (χ1n) is 8.95. The second kappa shape index (κ2) is 12.4. The molecule has 0 aliphatic rings. The maximum atomic E-state index is 11.8. The lowest BCUT2D eigenvalue weighted by atomic mass is 10.4. The molecule has 8 nitrogen and oxygen atoms in total. The van der Waals surface area contributed by atoms with Crippen LogP contribution in [0.5, 0.6) is 0 Å². The van der Waals surface area contributed by atoms with Crippen LogP contribution < -0.4 is 16.0 Å². The van der Waals surface area contributed by atoms with Gasteiger partial charge in [0.25, 0.3) is 5.91 Å². The van der Waals surface area contributed by atoms with Crippen LogP contribution in [0.3, 0.4) is 0 Å². The molecule has 150 valence electrons. The van der Waals surface area contributed by atoms with Gasteiger partial charge in [-0.1, -0.05) is 0 Å². The first-order valence-corrected chi connectivity index (χ1v) is 8.95. The normalized spacial score (nSPS) is 11.0.